The van der Waals surface area contributed by atoms with E-state index in [2.05, 4.69) is 46.2 Å². The molecule has 0 aliphatic heterocycles. The summed E-state index contributed by atoms with van der Waals surface area (Å²) in [5, 5.41) is 4.43. The lowest BCUT2D eigenvalue weighted by Gasteiger charge is -2.12. The van der Waals surface area contributed by atoms with Gasteiger partial charge in [0.2, 0.25) is 0 Å². The third-order valence-corrected chi connectivity index (χ3v) is 2.85. The Morgan fingerprint density at radius 2 is 1.83 bits per heavy atom. The van der Waals surface area contributed by atoms with Crippen LogP contribution in [0.5, 0.6) is 0 Å². The van der Waals surface area contributed by atoms with Crippen LogP contribution in [0.1, 0.15) is 19.2 Å². The summed E-state index contributed by atoms with van der Waals surface area (Å²) in [6.45, 7) is 4.99. The van der Waals surface area contributed by atoms with Crippen LogP contribution in [0.2, 0.25) is 0 Å². The standard InChI is InChI=1S/C14H20N4/c1-5-10-18-14(15-11(2)16-18)12-6-8-13(9-7-12)17(3)4/h6-9H,5,10H2,1-4H3. The second kappa shape index (κ2) is 5.21. The van der Waals surface area contributed by atoms with E-state index in [-0.39, 0.29) is 0 Å². The van der Waals surface area contributed by atoms with E-state index in [0.717, 1.165) is 30.2 Å². The Hall–Kier alpha value is -1.84. The summed E-state index contributed by atoms with van der Waals surface area (Å²) in [5.41, 5.74) is 2.31. The number of hydrogen-bond donors (Lipinski definition) is 0. The minimum atomic E-state index is 0.829. The van der Waals surface area contributed by atoms with Crippen molar-refractivity contribution < 1.29 is 0 Å². The first-order valence-electron chi connectivity index (χ1n) is 6.31. The molecular formula is C14H20N4. The fourth-order valence-electron chi connectivity index (χ4n) is 1.95. The van der Waals surface area contributed by atoms with Crippen molar-refractivity contribution in [1.29, 1.82) is 0 Å². The van der Waals surface area contributed by atoms with E-state index < -0.39 is 0 Å². The molecule has 0 aliphatic rings. The van der Waals surface area contributed by atoms with Crippen LogP contribution < -0.4 is 4.90 Å². The molecule has 2 aromatic rings. The van der Waals surface area contributed by atoms with Crippen LogP contribution in [0, 0.1) is 6.92 Å². The Morgan fingerprint density at radius 1 is 1.17 bits per heavy atom. The first-order valence-corrected chi connectivity index (χ1v) is 6.31. The Kier molecular flexibility index (Phi) is 3.65. The molecule has 4 heteroatoms. The van der Waals surface area contributed by atoms with Crippen LogP contribution in [-0.2, 0) is 6.54 Å². The van der Waals surface area contributed by atoms with Crippen LogP contribution in [0.15, 0.2) is 24.3 Å². The predicted octanol–water partition coefficient (Wildman–Crippen LogP) is 2.73. The minimum absolute atomic E-state index is 0.829. The predicted molar refractivity (Wildman–Crippen MR) is 74.8 cm³/mol. The van der Waals surface area contributed by atoms with Crippen LogP contribution in [0.3, 0.4) is 0 Å². The quantitative estimate of drug-likeness (QED) is 0.829. The average Bonchev–Trinajstić information content (AvgIpc) is 2.71. The summed E-state index contributed by atoms with van der Waals surface area (Å²) in [5.74, 6) is 1.79. The summed E-state index contributed by atoms with van der Waals surface area (Å²) in [6.07, 6.45) is 1.06. The first-order chi connectivity index (χ1) is 8.61. The highest BCUT2D eigenvalue weighted by molar-refractivity contribution is 5.60. The zero-order valence-corrected chi connectivity index (χ0v) is 11.5. The molecular weight excluding hydrogens is 224 g/mol. The molecule has 96 valence electrons. The van der Waals surface area contributed by atoms with E-state index in [4.69, 9.17) is 0 Å². The lowest BCUT2D eigenvalue weighted by atomic mass is 10.2. The highest BCUT2D eigenvalue weighted by Gasteiger charge is 2.09. The van der Waals surface area contributed by atoms with Gasteiger partial charge in [-0.05, 0) is 37.6 Å². The van der Waals surface area contributed by atoms with Gasteiger partial charge >= 0.3 is 0 Å². The molecule has 0 fully saturated rings. The van der Waals surface area contributed by atoms with Crippen molar-refractivity contribution in [3.8, 4) is 11.4 Å². The van der Waals surface area contributed by atoms with Gasteiger partial charge in [-0.1, -0.05) is 6.92 Å². The third-order valence-electron chi connectivity index (χ3n) is 2.85. The summed E-state index contributed by atoms with van der Waals surface area (Å²) in [6, 6.07) is 8.42. The molecule has 0 spiro atoms. The molecule has 0 saturated carbocycles. The summed E-state index contributed by atoms with van der Waals surface area (Å²) < 4.78 is 1.99. The lowest BCUT2D eigenvalue weighted by molar-refractivity contribution is 0.604. The highest BCUT2D eigenvalue weighted by Crippen LogP contribution is 2.21. The Bertz CT molecular complexity index is 511. The molecule has 0 N–H and O–H groups in total. The van der Waals surface area contributed by atoms with E-state index in [9.17, 15) is 0 Å². The van der Waals surface area contributed by atoms with Crippen molar-refractivity contribution in [2.75, 3.05) is 19.0 Å². The number of aromatic nitrogens is 3. The van der Waals surface area contributed by atoms with Crippen molar-refractivity contribution in [3.05, 3.63) is 30.1 Å². The van der Waals surface area contributed by atoms with Gasteiger partial charge in [-0.25, -0.2) is 9.67 Å². The fourth-order valence-corrected chi connectivity index (χ4v) is 1.95. The van der Waals surface area contributed by atoms with Gasteiger partial charge in [0.05, 0.1) is 0 Å². The Morgan fingerprint density at radius 3 is 2.39 bits per heavy atom. The first kappa shape index (κ1) is 12.6. The smallest absolute Gasteiger partial charge is 0.158 e. The summed E-state index contributed by atoms with van der Waals surface area (Å²) in [4.78, 5) is 6.60. The van der Waals surface area contributed by atoms with Gasteiger partial charge in [-0.15, -0.1) is 0 Å². The number of hydrogen-bond acceptors (Lipinski definition) is 3. The van der Waals surface area contributed by atoms with Crippen molar-refractivity contribution >= 4 is 5.69 Å². The van der Waals surface area contributed by atoms with Gasteiger partial charge in [-0.2, -0.15) is 5.10 Å². The van der Waals surface area contributed by atoms with Crippen molar-refractivity contribution in [1.82, 2.24) is 14.8 Å². The molecule has 0 unspecified atom stereocenters. The minimum Gasteiger partial charge on any atom is -0.378 e. The van der Waals surface area contributed by atoms with E-state index in [1.165, 1.54) is 5.69 Å². The van der Waals surface area contributed by atoms with Gasteiger partial charge in [0.25, 0.3) is 0 Å². The molecule has 0 aliphatic carbocycles. The number of anilines is 1. The second-order valence-corrected chi connectivity index (χ2v) is 4.65. The second-order valence-electron chi connectivity index (χ2n) is 4.65. The maximum atomic E-state index is 4.51. The normalized spacial score (nSPS) is 10.7. The number of benzene rings is 1. The fraction of sp³-hybridized carbons (Fsp3) is 0.429. The number of aryl methyl sites for hydroxylation is 2. The summed E-state index contributed by atoms with van der Waals surface area (Å²) >= 11 is 0. The average molecular weight is 244 g/mol. The maximum absolute atomic E-state index is 4.51. The van der Waals surface area contributed by atoms with E-state index in [0.29, 0.717) is 0 Å². The van der Waals surface area contributed by atoms with Gasteiger partial charge < -0.3 is 4.90 Å². The van der Waals surface area contributed by atoms with Gasteiger partial charge in [0, 0.05) is 31.9 Å². The molecule has 1 heterocycles. The van der Waals surface area contributed by atoms with Crippen LogP contribution in [0.25, 0.3) is 11.4 Å². The van der Waals surface area contributed by atoms with Gasteiger partial charge in [0.15, 0.2) is 5.82 Å². The zero-order chi connectivity index (χ0) is 13.1. The van der Waals surface area contributed by atoms with Crippen LogP contribution in [-0.4, -0.2) is 28.9 Å². The van der Waals surface area contributed by atoms with Crippen molar-refractivity contribution in [3.63, 3.8) is 0 Å². The third kappa shape index (κ3) is 2.53. The van der Waals surface area contributed by atoms with Crippen LogP contribution >= 0.6 is 0 Å². The Balaban J connectivity index is 2.35. The molecule has 0 saturated heterocycles. The molecule has 1 aromatic carbocycles. The van der Waals surface area contributed by atoms with E-state index >= 15 is 0 Å². The maximum Gasteiger partial charge on any atom is 0.158 e. The largest absolute Gasteiger partial charge is 0.378 e. The monoisotopic (exact) mass is 244 g/mol. The lowest BCUT2D eigenvalue weighted by Crippen LogP contribution is -2.08. The van der Waals surface area contributed by atoms with Crippen molar-refractivity contribution in [2.24, 2.45) is 0 Å². The van der Waals surface area contributed by atoms with E-state index in [1.54, 1.807) is 0 Å². The van der Waals surface area contributed by atoms with Gasteiger partial charge in [0.1, 0.15) is 5.82 Å². The van der Waals surface area contributed by atoms with E-state index in [1.807, 2.05) is 25.7 Å². The Labute approximate surface area is 108 Å². The van der Waals surface area contributed by atoms with Gasteiger partial charge in [-0.3, -0.25) is 0 Å². The zero-order valence-electron chi connectivity index (χ0n) is 11.5. The van der Waals surface area contributed by atoms with Crippen molar-refractivity contribution in [2.45, 2.75) is 26.8 Å². The molecule has 0 atom stereocenters. The molecule has 4 nitrogen and oxygen atoms in total. The molecule has 0 bridgehead atoms. The number of rotatable bonds is 4. The molecule has 0 radical (unpaired) electrons. The highest BCUT2D eigenvalue weighted by atomic mass is 15.3. The SMILES string of the molecule is CCCn1nc(C)nc1-c1ccc(N(C)C)cc1. The summed E-state index contributed by atoms with van der Waals surface area (Å²) in [7, 11) is 4.08. The topological polar surface area (TPSA) is 34.0 Å². The molecule has 1 aromatic heterocycles. The molecule has 2 rings (SSSR count). The van der Waals surface area contributed by atoms with Crippen LogP contribution in [0.4, 0.5) is 5.69 Å². The molecule has 18 heavy (non-hydrogen) atoms. The molecule has 0 amide bonds. The number of nitrogens with zero attached hydrogens (tertiary/aromatic N) is 4.